The molecule has 47 heavy (non-hydrogen) atoms. The Morgan fingerprint density at radius 2 is 1.30 bits per heavy atom. The molecule has 0 saturated carbocycles. The van der Waals surface area contributed by atoms with Gasteiger partial charge in [-0.25, -0.2) is 24.3 Å². The maximum Gasteiger partial charge on any atom is 0.278 e. The summed E-state index contributed by atoms with van der Waals surface area (Å²) in [7, 11) is 0. The Balaban J connectivity index is 0.000000168. The fourth-order valence-corrected chi connectivity index (χ4v) is 5.97. The topological polar surface area (TPSA) is 169 Å². The summed E-state index contributed by atoms with van der Waals surface area (Å²) >= 11 is 13.8. The van der Waals surface area contributed by atoms with Crippen LogP contribution in [0.25, 0.3) is 44.3 Å². The van der Waals surface area contributed by atoms with Crippen LogP contribution in [0.2, 0.25) is 10.0 Å². The summed E-state index contributed by atoms with van der Waals surface area (Å²) in [5.74, 6) is 12.4. The van der Waals surface area contributed by atoms with E-state index in [4.69, 9.17) is 39.6 Å². The summed E-state index contributed by atoms with van der Waals surface area (Å²) in [5.41, 5.74) is 2.17. The molecule has 0 aliphatic carbocycles. The van der Waals surface area contributed by atoms with E-state index in [2.05, 4.69) is 25.3 Å². The number of aromatic nitrogens is 6. The third kappa shape index (κ3) is 6.74. The number of nitrogen functional groups attached to an aromatic ring is 2. The summed E-state index contributed by atoms with van der Waals surface area (Å²) in [6.07, 6.45) is 6.95. The number of ether oxygens (including phenoxy) is 1. The Morgan fingerprint density at radius 3 is 1.83 bits per heavy atom. The highest BCUT2D eigenvalue weighted by Crippen LogP contribution is 2.28. The lowest BCUT2D eigenvalue weighted by molar-refractivity contribution is 0.0903. The van der Waals surface area contributed by atoms with Gasteiger partial charge in [-0.05, 0) is 43.4 Å². The van der Waals surface area contributed by atoms with Gasteiger partial charge < -0.3 is 21.7 Å². The second-order valence-electron chi connectivity index (χ2n) is 10.6. The molecule has 5 N–H and O–H groups in total. The largest absolute Gasteiger partial charge is 0.381 e. The number of thioether (sulfide) groups is 1. The molecule has 2 aromatic carbocycles. The lowest BCUT2D eigenvalue weighted by Crippen LogP contribution is -2.31. The zero-order chi connectivity index (χ0) is 33.1. The van der Waals surface area contributed by atoms with Gasteiger partial charge in [-0.2, -0.15) is 4.98 Å². The van der Waals surface area contributed by atoms with Crippen molar-refractivity contribution >= 4 is 63.0 Å². The van der Waals surface area contributed by atoms with E-state index in [1.54, 1.807) is 48.8 Å². The van der Waals surface area contributed by atoms with Crippen LogP contribution in [-0.2, 0) is 4.74 Å². The van der Waals surface area contributed by atoms with E-state index in [9.17, 15) is 9.59 Å². The fraction of sp³-hybridized carbons (Fsp3) is 0.188. The van der Waals surface area contributed by atoms with Gasteiger partial charge in [0.05, 0.1) is 11.1 Å². The molecule has 0 spiro atoms. The highest BCUT2D eigenvalue weighted by molar-refractivity contribution is 7.98. The molecule has 6 aromatic rings. The first kappa shape index (κ1) is 32.3. The van der Waals surface area contributed by atoms with Gasteiger partial charge in [-0.3, -0.25) is 9.59 Å². The number of anilines is 1. The quantitative estimate of drug-likeness (QED) is 0.127. The molecule has 1 saturated heterocycles. The molecule has 1 aliphatic heterocycles. The maximum absolute atomic E-state index is 12.7. The SMILES string of the molecule is CSc1ncc2cc(-c3ccccc3Cl)c(=O)n(N)c2n1.Nn1c(=O)c(-c2ccccc2Cl)cc2cnc(NC3CCOCC3)nc21. The van der Waals surface area contributed by atoms with Gasteiger partial charge in [0, 0.05) is 63.6 Å². The number of nitrogens with two attached hydrogens (primary N) is 2. The van der Waals surface area contributed by atoms with E-state index >= 15 is 0 Å². The third-order valence-corrected chi connectivity index (χ3v) is 8.81. The lowest BCUT2D eigenvalue weighted by Gasteiger charge is -2.23. The molecule has 15 heteroatoms. The smallest absolute Gasteiger partial charge is 0.278 e. The molecule has 1 aliphatic rings. The molecular formula is C32H29Cl2N9O3S. The number of hydrogen-bond donors (Lipinski definition) is 3. The number of hydrogen-bond acceptors (Lipinski definition) is 11. The highest BCUT2D eigenvalue weighted by Gasteiger charge is 2.17. The van der Waals surface area contributed by atoms with Crippen molar-refractivity contribution in [2.45, 2.75) is 24.0 Å². The summed E-state index contributed by atoms with van der Waals surface area (Å²) in [4.78, 5) is 42.4. The van der Waals surface area contributed by atoms with Crippen molar-refractivity contribution in [3.8, 4) is 22.3 Å². The molecule has 0 bridgehead atoms. The van der Waals surface area contributed by atoms with E-state index in [1.807, 2.05) is 30.5 Å². The van der Waals surface area contributed by atoms with Crippen LogP contribution in [0.4, 0.5) is 5.95 Å². The maximum atomic E-state index is 12.7. The predicted molar refractivity (Wildman–Crippen MR) is 188 cm³/mol. The average Bonchev–Trinajstić information content (AvgIpc) is 3.09. The first-order chi connectivity index (χ1) is 22.7. The van der Waals surface area contributed by atoms with Gasteiger partial charge in [-0.15, -0.1) is 0 Å². The second-order valence-corrected chi connectivity index (χ2v) is 12.2. The predicted octanol–water partition coefficient (Wildman–Crippen LogP) is 4.96. The molecule has 0 unspecified atom stereocenters. The minimum absolute atomic E-state index is 0.251. The van der Waals surface area contributed by atoms with E-state index < -0.39 is 0 Å². The second kappa shape index (κ2) is 14.0. The van der Waals surface area contributed by atoms with Crippen LogP contribution in [0.1, 0.15) is 12.8 Å². The van der Waals surface area contributed by atoms with Gasteiger partial charge in [0.25, 0.3) is 11.1 Å². The monoisotopic (exact) mass is 689 g/mol. The van der Waals surface area contributed by atoms with Gasteiger partial charge in [0.15, 0.2) is 16.5 Å². The van der Waals surface area contributed by atoms with Crippen LogP contribution in [0, 0.1) is 0 Å². The lowest BCUT2D eigenvalue weighted by atomic mass is 10.1. The Hall–Kier alpha value is -4.69. The molecule has 12 nitrogen and oxygen atoms in total. The van der Waals surface area contributed by atoms with Gasteiger partial charge in [0.1, 0.15) is 0 Å². The number of pyridine rings is 2. The first-order valence-electron chi connectivity index (χ1n) is 14.5. The van der Waals surface area contributed by atoms with E-state index in [-0.39, 0.29) is 17.2 Å². The number of nitrogens with zero attached hydrogens (tertiary/aromatic N) is 6. The molecule has 0 radical (unpaired) electrons. The summed E-state index contributed by atoms with van der Waals surface area (Å²) in [6, 6.07) is 18.0. The Kier molecular flexibility index (Phi) is 9.59. The number of nitrogens with one attached hydrogen (secondary N) is 1. The summed E-state index contributed by atoms with van der Waals surface area (Å²) in [5, 5.41) is 6.18. The van der Waals surface area contributed by atoms with Crippen molar-refractivity contribution in [3.05, 3.63) is 104 Å². The van der Waals surface area contributed by atoms with E-state index in [0.29, 0.717) is 78.7 Å². The van der Waals surface area contributed by atoms with Crippen LogP contribution in [-0.4, -0.2) is 54.8 Å². The van der Waals surface area contributed by atoms with Crippen molar-refractivity contribution in [3.63, 3.8) is 0 Å². The van der Waals surface area contributed by atoms with Crippen molar-refractivity contribution < 1.29 is 4.74 Å². The van der Waals surface area contributed by atoms with Crippen LogP contribution in [0.15, 0.2) is 87.8 Å². The van der Waals surface area contributed by atoms with Crippen LogP contribution < -0.4 is 28.1 Å². The normalized spacial score (nSPS) is 13.3. The van der Waals surface area contributed by atoms with Crippen molar-refractivity contribution in [2.24, 2.45) is 0 Å². The van der Waals surface area contributed by atoms with Gasteiger partial charge in [-0.1, -0.05) is 71.4 Å². The highest BCUT2D eigenvalue weighted by atomic mass is 35.5. The van der Waals surface area contributed by atoms with E-state index in [0.717, 1.165) is 22.2 Å². The van der Waals surface area contributed by atoms with Gasteiger partial charge >= 0.3 is 0 Å². The molecule has 7 rings (SSSR count). The number of rotatable bonds is 5. The Morgan fingerprint density at radius 1 is 0.787 bits per heavy atom. The molecule has 0 amide bonds. The first-order valence-corrected chi connectivity index (χ1v) is 16.5. The zero-order valence-corrected chi connectivity index (χ0v) is 27.4. The molecule has 240 valence electrons. The number of fused-ring (bicyclic) bond motifs is 2. The van der Waals surface area contributed by atoms with Crippen LogP contribution >= 0.6 is 35.0 Å². The van der Waals surface area contributed by atoms with Crippen LogP contribution in [0.5, 0.6) is 0 Å². The van der Waals surface area contributed by atoms with Crippen molar-refractivity contribution in [1.29, 1.82) is 0 Å². The molecular weight excluding hydrogens is 661 g/mol. The molecule has 5 heterocycles. The Bertz CT molecular complexity index is 2220. The third-order valence-electron chi connectivity index (χ3n) is 7.59. The minimum Gasteiger partial charge on any atom is -0.381 e. The van der Waals surface area contributed by atoms with Gasteiger partial charge in [0.2, 0.25) is 5.95 Å². The Labute approximate surface area is 282 Å². The molecule has 0 atom stereocenters. The standard InChI is InChI=1S/C18H18ClN5O2.C14H11ClN4OS/c19-15-4-2-1-3-13(15)14-9-11-10-21-18(22-12-5-7-26-8-6-12)23-16(11)24(20)17(14)25;1-21-14-17-7-8-6-10(9-4-2-3-5-11(9)15)13(20)19(16)12(8)18-14/h1-4,9-10,12H,5-8,20H2,(H,21,22,23);2-7H,16H2,1H3. The zero-order valence-electron chi connectivity index (χ0n) is 25.1. The number of benzene rings is 2. The molecule has 1 fully saturated rings. The van der Waals surface area contributed by atoms with Crippen molar-refractivity contribution in [2.75, 3.05) is 36.5 Å². The van der Waals surface area contributed by atoms with E-state index in [1.165, 1.54) is 11.8 Å². The minimum atomic E-state index is -0.360. The molecule has 4 aromatic heterocycles. The van der Waals surface area contributed by atoms with Crippen molar-refractivity contribution in [1.82, 2.24) is 29.3 Å². The van der Waals surface area contributed by atoms with Crippen LogP contribution in [0.3, 0.4) is 0 Å². The fourth-order valence-electron chi connectivity index (χ4n) is 5.16. The average molecular weight is 691 g/mol. The number of halogens is 2. The summed E-state index contributed by atoms with van der Waals surface area (Å²) < 4.78 is 7.43. The summed E-state index contributed by atoms with van der Waals surface area (Å²) in [6.45, 7) is 1.43.